The lowest BCUT2D eigenvalue weighted by atomic mass is 10.1. The van der Waals surface area contributed by atoms with Crippen LogP contribution in [0.1, 0.15) is 12.0 Å². The maximum atomic E-state index is 11.1. The third-order valence-electron chi connectivity index (χ3n) is 3.33. The van der Waals surface area contributed by atoms with Gasteiger partial charge in [-0.3, -0.25) is 10.1 Å². The average Bonchev–Trinajstić information content (AvgIpc) is 2.98. The van der Waals surface area contributed by atoms with Crippen molar-refractivity contribution in [2.45, 2.75) is 25.2 Å². The van der Waals surface area contributed by atoms with Crippen LogP contribution in [0.15, 0.2) is 10.5 Å². The summed E-state index contributed by atoms with van der Waals surface area (Å²) in [6.45, 7) is 1.10. The Bertz CT molecular complexity index is 557. The van der Waals surface area contributed by atoms with Crippen LogP contribution in [0.4, 0.5) is 5.69 Å². The van der Waals surface area contributed by atoms with Gasteiger partial charge in [0.05, 0.1) is 28.2 Å². The van der Waals surface area contributed by atoms with E-state index in [2.05, 4.69) is 15.9 Å². The number of hydrogen-bond acceptors (Lipinski definition) is 6. The third kappa shape index (κ3) is 2.34. The SMILES string of the molecule is O=[N+]([O-])c1c(O)cc(Br)c2c1CC(CC1OCCO1)O2. The molecule has 8 heteroatoms. The largest absolute Gasteiger partial charge is 0.502 e. The Kier molecular flexibility index (Phi) is 3.53. The fourth-order valence-corrected chi connectivity index (χ4v) is 3.06. The van der Waals surface area contributed by atoms with Gasteiger partial charge in [-0.05, 0) is 15.9 Å². The van der Waals surface area contributed by atoms with Crippen LogP contribution in [0.25, 0.3) is 0 Å². The quantitative estimate of drug-likeness (QED) is 0.666. The van der Waals surface area contributed by atoms with Crippen molar-refractivity contribution in [3.63, 3.8) is 0 Å². The van der Waals surface area contributed by atoms with Crippen molar-refractivity contribution < 1.29 is 24.2 Å². The number of phenols is 1. The zero-order valence-corrected chi connectivity index (χ0v) is 12.0. The van der Waals surface area contributed by atoms with E-state index in [1.54, 1.807) is 0 Å². The van der Waals surface area contributed by atoms with E-state index in [9.17, 15) is 15.2 Å². The summed E-state index contributed by atoms with van der Waals surface area (Å²) in [5.74, 6) is 0.0516. The molecule has 20 heavy (non-hydrogen) atoms. The fraction of sp³-hybridized carbons (Fsp3) is 0.500. The molecule has 0 bridgehead atoms. The summed E-state index contributed by atoms with van der Waals surface area (Å²) < 4.78 is 16.9. The number of fused-ring (bicyclic) bond motifs is 1. The molecular formula is C12H12BrNO6. The molecule has 1 aromatic rings. The van der Waals surface area contributed by atoms with Crippen molar-refractivity contribution in [2.24, 2.45) is 0 Å². The minimum atomic E-state index is -0.588. The molecule has 7 nitrogen and oxygen atoms in total. The van der Waals surface area contributed by atoms with Gasteiger partial charge in [0.25, 0.3) is 0 Å². The predicted molar refractivity (Wildman–Crippen MR) is 70.9 cm³/mol. The molecule has 0 amide bonds. The molecule has 0 aromatic heterocycles. The molecule has 1 aromatic carbocycles. The van der Waals surface area contributed by atoms with Gasteiger partial charge in [-0.1, -0.05) is 0 Å². The highest BCUT2D eigenvalue weighted by Gasteiger charge is 2.36. The molecule has 2 aliphatic heterocycles. The molecule has 0 spiro atoms. The zero-order chi connectivity index (χ0) is 14.3. The number of aromatic hydroxyl groups is 1. The summed E-state index contributed by atoms with van der Waals surface area (Å²) in [6, 6.07) is 1.28. The van der Waals surface area contributed by atoms with E-state index >= 15 is 0 Å². The van der Waals surface area contributed by atoms with Crippen LogP contribution >= 0.6 is 15.9 Å². The molecule has 1 saturated heterocycles. The van der Waals surface area contributed by atoms with Gasteiger partial charge in [0.15, 0.2) is 12.0 Å². The predicted octanol–water partition coefficient (Wildman–Crippen LogP) is 2.13. The highest BCUT2D eigenvalue weighted by molar-refractivity contribution is 9.10. The lowest BCUT2D eigenvalue weighted by Crippen LogP contribution is -2.22. The van der Waals surface area contributed by atoms with E-state index in [-0.39, 0.29) is 23.8 Å². The van der Waals surface area contributed by atoms with E-state index in [4.69, 9.17) is 14.2 Å². The Morgan fingerprint density at radius 3 is 2.80 bits per heavy atom. The lowest BCUT2D eigenvalue weighted by Gasteiger charge is -2.14. The van der Waals surface area contributed by atoms with E-state index in [0.29, 0.717) is 41.8 Å². The molecular weight excluding hydrogens is 334 g/mol. The Morgan fingerprint density at radius 2 is 2.15 bits per heavy atom. The summed E-state index contributed by atoms with van der Waals surface area (Å²) in [5, 5.41) is 20.8. The van der Waals surface area contributed by atoms with Gasteiger partial charge in [-0.15, -0.1) is 0 Å². The normalized spacial score (nSPS) is 21.8. The average molecular weight is 346 g/mol. The first kappa shape index (κ1) is 13.6. The number of nitro groups is 1. The number of nitro benzene ring substituents is 1. The van der Waals surface area contributed by atoms with Gasteiger partial charge in [0.2, 0.25) is 0 Å². The second-order valence-electron chi connectivity index (χ2n) is 4.64. The van der Waals surface area contributed by atoms with Crippen LogP contribution in [0, 0.1) is 10.1 Å². The summed E-state index contributed by atoms with van der Waals surface area (Å²) in [5.41, 5.74) is 0.115. The number of benzene rings is 1. The van der Waals surface area contributed by atoms with E-state index in [0.717, 1.165) is 0 Å². The van der Waals surface area contributed by atoms with Crippen LogP contribution in [0.3, 0.4) is 0 Å². The minimum Gasteiger partial charge on any atom is -0.502 e. The summed E-state index contributed by atoms with van der Waals surface area (Å²) >= 11 is 3.25. The number of nitrogens with zero attached hydrogens (tertiary/aromatic N) is 1. The molecule has 2 aliphatic rings. The van der Waals surface area contributed by atoms with Crippen molar-refractivity contribution in [3.8, 4) is 11.5 Å². The van der Waals surface area contributed by atoms with Crippen molar-refractivity contribution in [1.82, 2.24) is 0 Å². The van der Waals surface area contributed by atoms with Gasteiger partial charge in [-0.2, -0.15) is 0 Å². The molecule has 1 fully saturated rings. The fourth-order valence-electron chi connectivity index (χ4n) is 2.51. The maximum Gasteiger partial charge on any atom is 0.317 e. The van der Waals surface area contributed by atoms with Crippen LogP contribution < -0.4 is 4.74 Å². The van der Waals surface area contributed by atoms with Crippen LogP contribution in [-0.2, 0) is 15.9 Å². The van der Waals surface area contributed by atoms with Crippen LogP contribution in [0.2, 0.25) is 0 Å². The number of phenolic OH excluding ortho intramolecular Hbond substituents is 1. The minimum absolute atomic E-state index is 0.259. The molecule has 0 aliphatic carbocycles. The zero-order valence-electron chi connectivity index (χ0n) is 10.4. The Hall–Kier alpha value is -1.38. The summed E-state index contributed by atoms with van der Waals surface area (Å²) in [6.07, 6.45) is 0.256. The number of ether oxygens (including phenoxy) is 3. The van der Waals surface area contributed by atoms with Gasteiger partial charge < -0.3 is 19.3 Å². The first-order valence-electron chi connectivity index (χ1n) is 6.15. The highest BCUT2D eigenvalue weighted by Crippen LogP contribution is 2.47. The molecule has 0 radical (unpaired) electrons. The van der Waals surface area contributed by atoms with Crippen molar-refractivity contribution >= 4 is 21.6 Å². The summed E-state index contributed by atoms with van der Waals surface area (Å²) in [7, 11) is 0. The number of halogens is 1. The molecule has 1 unspecified atom stereocenters. The molecule has 2 heterocycles. The first-order chi connectivity index (χ1) is 9.56. The molecule has 1 N–H and O–H groups in total. The first-order valence-corrected chi connectivity index (χ1v) is 6.94. The van der Waals surface area contributed by atoms with Gasteiger partial charge in [-0.25, -0.2) is 0 Å². The third-order valence-corrected chi connectivity index (χ3v) is 3.92. The lowest BCUT2D eigenvalue weighted by molar-refractivity contribution is -0.386. The van der Waals surface area contributed by atoms with E-state index < -0.39 is 4.92 Å². The van der Waals surface area contributed by atoms with Crippen LogP contribution in [0.5, 0.6) is 11.5 Å². The molecule has 1 atom stereocenters. The van der Waals surface area contributed by atoms with Crippen molar-refractivity contribution in [1.29, 1.82) is 0 Å². The maximum absolute atomic E-state index is 11.1. The molecule has 3 rings (SSSR count). The smallest absolute Gasteiger partial charge is 0.317 e. The van der Waals surface area contributed by atoms with Crippen molar-refractivity contribution in [3.05, 3.63) is 26.2 Å². The standard InChI is InChI=1S/C12H12BrNO6/c13-8-5-9(15)11(14(16)17)7-3-6(20-12(7)8)4-10-18-1-2-19-10/h5-6,10,15H,1-4H2. The Morgan fingerprint density at radius 1 is 1.45 bits per heavy atom. The molecule has 108 valence electrons. The number of rotatable bonds is 3. The number of hydrogen-bond donors (Lipinski definition) is 1. The van der Waals surface area contributed by atoms with Crippen molar-refractivity contribution in [2.75, 3.05) is 13.2 Å². The van der Waals surface area contributed by atoms with Gasteiger partial charge in [0, 0.05) is 18.9 Å². The van der Waals surface area contributed by atoms with Crippen LogP contribution in [-0.4, -0.2) is 35.6 Å². The second kappa shape index (κ2) is 5.19. The van der Waals surface area contributed by atoms with E-state index in [1.807, 2.05) is 0 Å². The second-order valence-corrected chi connectivity index (χ2v) is 5.50. The van der Waals surface area contributed by atoms with E-state index in [1.165, 1.54) is 6.07 Å². The highest BCUT2D eigenvalue weighted by atomic mass is 79.9. The van der Waals surface area contributed by atoms with Gasteiger partial charge in [0.1, 0.15) is 11.9 Å². The monoisotopic (exact) mass is 345 g/mol. The Labute approximate surface area is 122 Å². The molecule has 0 saturated carbocycles. The summed E-state index contributed by atoms with van der Waals surface area (Å²) in [4.78, 5) is 10.5. The topological polar surface area (TPSA) is 91.1 Å². The Balaban J connectivity index is 1.86. The van der Waals surface area contributed by atoms with Gasteiger partial charge >= 0.3 is 5.69 Å².